The average molecular weight is 231 g/mol. The fraction of sp³-hybridized carbons (Fsp3) is 0.625. The predicted molar refractivity (Wildman–Crippen MR) is 74.0 cm³/mol. The van der Waals surface area contributed by atoms with E-state index in [0.29, 0.717) is 6.04 Å². The second-order valence-corrected chi connectivity index (χ2v) is 5.41. The third-order valence-electron chi connectivity index (χ3n) is 4.13. The molecule has 1 fully saturated rings. The van der Waals surface area contributed by atoms with Crippen molar-refractivity contribution in [3.63, 3.8) is 0 Å². The summed E-state index contributed by atoms with van der Waals surface area (Å²) < 4.78 is 0. The molecule has 1 heteroatoms. The topological polar surface area (TPSA) is 12.0 Å². The van der Waals surface area contributed by atoms with Gasteiger partial charge in [-0.15, -0.1) is 0 Å². The Balaban J connectivity index is 2.13. The predicted octanol–water partition coefficient (Wildman–Crippen LogP) is 4.16. The minimum Gasteiger partial charge on any atom is -0.310 e. The van der Waals surface area contributed by atoms with Crippen molar-refractivity contribution in [1.29, 1.82) is 0 Å². The molecule has 0 aromatic heterocycles. The van der Waals surface area contributed by atoms with Crippen LogP contribution in [0.5, 0.6) is 0 Å². The van der Waals surface area contributed by atoms with Gasteiger partial charge < -0.3 is 5.32 Å². The molecular weight excluding hydrogens is 206 g/mol. The van der Waals surface area contributed by atoms with E-state index < -0.39 is 0 Å². The Labute approximate surface area is 106 Å². The Kier molecular flexibility index (Phi) is 4.61. The van der Waals surface area contributed by atoms with Crippen LogP contribution in [-0.4, -0.2) is 6.54 Å². The fourth-order valence-electron chi connectivity index (χ4n) is 3.15. The number of hydrogen-bond donors (Lipinski definition) is 1. The minimum absolute atomic E-state index is 0.564. The standard InChI is InChI=1S/C16H25N/c1-3-12-17-16(14-9-5-4-6-10-14)15-11-7-8-13(15)2/h4-6,9-10,13,15-17H,3,7-8,11-12H2,1-2H3. The van der Waals surface area contributed by atoms with Crippen LogP contribution < -0.4 is 5.32 Å². The van der Waals surface area contributed by atoms with Crippen LogP contribution in [0.2, 0.25) is 0 Å². The molecule has 1 aliphatic carbocycles. The van der Waals surface area contributed by atoms with E-state index in [1.54, 1.807) is 0 Å². The van der Waals surface area contributed by atoms with E-state index in [4.69, 9.17) is 0 Å². The Morgan fingerprint density at radius 2 is 2.00 bits per heavy atom. The van der Waals surface area contributed by atoms with Gasteiger partial charge in [0.1, 0.15) is 0 Å². The van der Waals surface area contributed by atoms with Gasteiger partial charge in [0.15, 0.2) is 0 Å². The van der Waals surface area contributed by atoms with Gasteiger partial charge in [0, 0.05) is 6.04 Å². The maximum Gasteiger partial charge on any atom is 0.0351 e. The van der Waals surface area contributed by atoms with Crippen molar-refractivity contribution in [2.24, 2.45) is 11.8 Å². The lowest BCUT2D eigenvalue weighted by Gasteiger charge is -2.28. The number of hydrogen-bond acceptors (Lipinski definition) is 1. The van der Waals surface area contributed by atoms with E-state index in [9.17, 15) is 0 Å². The van der Waals surface area contributed by atoms with Gasteiger partial charge in [-0.25, -0.2) is 0 Å². The third-order valence-corrected chi connectivity index (χ3v) is 4.13. The minimum atomic E-state index is 0.564. The smallest absolute Gasteiger partial charge is 0.0351 e. The molecule has 1 nitrogen and oxygen atoms in total. The van der Waals surface area contributed by atoms with E-state index in [2.05, 4.69) is 49.5 Å². The number of rotatable bonds is 5. The zero-order valence-electron chi connectivity index (χ0n) is 11.2. The molecule has 0 radical (unpaired) electrons. The van der Waals surface area contributed by atoms with Crippen molar-refractivity contribution < 1.29 is 0 Å². The molecule has 3 atom stereocenters. The zero-order chi connectivity index (χ0) is 12.1. The largest absolute Gasteiger partial charge is 0.310 e. The summed E-state index contributed by atoms with van der Waals surface area (Å²) in [6.45, 7) is 5.79. The first-order valence-electron chi connectivity index (χ1n) is 7.11. The van der Waals surface area contributed by atoms with Crippen LogP contribution in [0, 0.1) is 11.8 Å². The lowest BCUT2D eigenvalue weighted by molar-refractivity contribution is 0.302. The van der Waals surface area contributed by atoms with Crippen LogP contribution in [0.1, 0.15) is 51.1 Å². The van der Waals surface area contributed by atoms with Crippen LogP contribution in [0.25, 0.3) is 0 Å². The summed E-state index contributed by atoms with van der Waals surface area (Å²) in [5.74, 6) is 1.69. The molecule has 1 saturated carbocycles. The Morgan fingerprint density at radius 1 is 1.24 bits per heavy atom. The van der Waals surface area contributed by atoms with Gasteiger partial charge in [-0.3, -0.25) is 0 Å². The summed E-state index contributed by atoms with van der Waals surface area (Å²) in [5, 5.41) is 3.76. The first-order chi connectivity index (χ1) is 8.33. The van der Waals surface area contributed by atoms with Gasteiger partial charge in [0.2, 0.25) is 0 Å². The van der Waals surface area contributed by atoms with Crippen LogP contribution in [0.4, 0.5) is 0 Å². The summed E-state index contributed by atoms with van der Waals surface area (Å²) >= 11 is 0. The highest BCUT2D eigenvalue weighted by Crippen LogP contribution is 2.39. The molecule has 0 saturated heterocycles. The SMILES string of the molecule is CCCNC(c1ccccc1)C1CCCC1C. The molecule has 1 aromatic rings. The van der Waals surface area contributed by atoms with Gasteiger partial charge >= 0.3 is 0 Å². The Morgan fingerprint density at radius 3 is 2.59 bits per heavy atom. The van der Waals surface area contributed by atoms with Crippen molar-refractivity contribution >= 4 is 0 Å². The summed E-state index contributed by atoms with van der Waals surface area (Å²) in [6.07, 6.45) is 5.41. The maximum absolute atomic E-state index is 3.76. The Bertz CT molecular complexity index is 320. The van der Waals surface area contributed by atoms with Crippen LogP contribution in [0.15, 0.2) is 30.3 Å². The normalized spacial score (nSPS) is 26.0. The van der Waals surface area contributed by atoms with Crippen LogP contribution in [-0.2, 0) is 0 Å². The molecule has 3 unspecified atom stereocenters. The van der Waals surface area contributed by atoms with Gasteiger partial charge in [0.25, 0.3) is 0 Å². The molecule has 2 rings (SSSR count). The third kappa shape index (κ3) is 3.10. The summed E-state index contributed by atoms with van der Waals surface area (Å²) in [5.41, 5.74) is 1.47. The zero-order valence-corrected chi connectivity index (χ0v) is 11.2. The number of benzene rings is 1. The monoisotopic (exact) mass is 231 g/mol. The molecule has 0 amide bonds. The first-order valence-corrected chi connectivity index (χ1v) is 7.11. The van der Waals surface area contributed by atoms with Crippen molar-refractivity contribution in [2.45, 2.75) is 45.6 Å². The van der Waals surface area contributed by atoms with Gasteiger partial charge in [-0.2, -0.15) is 0 Å². The van der Waals surface area contributed by atoms with E-state index in [0.717, 1.165) is 18.4 Å². The molecule has 0 bridgehead atoms. The lowest BCUT2D eigenvalue weighted by atomic mass is 9.86. The highest BCUT2D eigenvalue weighted by molar-refractivity contribution is 5.20. The highest BCUT2D eigenvalue weighted by Gasteiger charge is 2.31. The number of nitrogens with one attached hydrogen (secondary N) is 1. The second-order valence-electron chi connectivity index (χ2n) is 5.41. The molecular formula is C16H25N. The van der Waals surface area contributed by atoms with Crippen LogP contribution >= 0.6 is 0 Å². The van der Waals surface area contributed by atoms with Gasteiger partial charge in [-0.05, 0) is 36.8 Å². The molecule has 1 aliphatic rings. The van der Waals surface area contributed by atoms with Crippen molar-refractivity contribution in [3.8, 4) is 0 Å². The molecule has 0 spiro atoms. The van der Waals surface area contributed by atoms with Crippen LogP contribution in [0.3, 0.4) is 0 Å². The van der Waals surface area contributed by atoms with Gasteiger partial charge in [0.05, 0.1) is 0 Å². The molecule has 94 valence electrons. The van der Waals surface area contributed by atoms with Crippen molar-refractivity contribution in [2.75, 3.05) is 6.54 Å². The first kappa shape index (κ1) is 12.6. The van der Waals surface area contributed by atoms with Crippen molar-refractivity contribution in [1.82, 2.24) is 5.32 Å². The fourth-order valence-corrected chi connectivity index (χ4v) is 3.15. The van der Waals surface area contributed by atoms with E-state index >= 15 is 0 Å². The lowest BCUT2D eigenvalue weighted by Crippen LogP contribution is -2.30. The van der Waals surface area contributed by atoms with Gasteiger partial charge in [-0.1, -0.05) is 57.0 Å². The molecule has 17 heavy (non-hydrogen) atoms. The molecule has 1 N–H and O–H groups in total. The van der Waals surface area contributed by atoms with E-state index in [1.165, 1.54) is 31.2 Å². The van der Waals surface area contributed by atoms with Crippen molar-refractivity contribution in [3.05, 3.63) is 35.9 Å². The molecule has 0 heterocycles. The Hall–Kier alpha value is -0.820. The maximum atomic E-state index is 3.76. The second kappa shape index (κ2) is 6.20. The summed E-state index contributed by atoms with van der Waals surface area (Å²) in [6, 6.07) is 11.6. The quantitative estimate of drug-likeness (QED) is 0.802. The average Bonchev–Trinajstić information content (AvgIpc) is 2.78. The molecule has 1 aromatic carbocycles. The highest BCUT2D eigenvalue weighted by atomic mass is 14.9. The van der Waals surface area contributed by atoms with E-state index in [-0.39, 0.29) is 0 Å². The summed E-state index contributed by atoms with van der Waals surface area (Å²) in [7, 11) is 0. The van der Waals surface area contributed by atoms with E-state index in [1.807, 2.05) is 0 Å². The molecule has 0 aliphatic heterocycles. The summed E-state index contributed by atoms with van der Waals surface area (Å²) in [4.78, 5) is 0.